The van der Waals surface area contributed by atoms with Crippen LogP contribution in [0.1, 0.15) is 18.4 Å². The molecule has 0 amide bonds. The van der Waals surface area contributed by atoms with E-state index in [1.807, 2.05) is 4.90 Å². The third kappa shape index (κ3) is 4.24. The summed E-state index contributed by atoms with van der Waals surface area (Å²) in [5.74, 6) is 0.395. The van der Waals surface area contributed by atoms with Gasteiger partial charge in [0.2, 0.25) is 0 Å². The molecule has 2 heterocycles. The summed E-state index contributed by atoms with van der Waals surface area (Å²) >= 11 is 5.95. The normalized spacial score (nSPS) is 16.6. The molecule has 22 heavy (non-hydrogen) atoms. The molecular formula is C14H16ClF3N4. The van der Waals surface area contributed by atoms with Gasteiger partial charge in [-0.15, -0.1) is 0 Å². The largest absolute Gasteiger partial charge is 0.417 e. The van der Waals surface area contributed by atoms with E-state index in [9.17, 15) is 13.2 Å². The quantitative estimate of drug-likeness (QED) is 0.794. The van der Waals surface area contributed by atoms with Crippen LogP contribution >= 0.6 is 11.6 Å². The number of aromatic nitrogens is 1. The summed E-state index contributed by atoms with van der Waals surface area (Å²) in [6.45, 7) is 3.74. The van der Waals surface area contributed by atoms with E-state index < -0.39 is 11.7 Å². The van der Waals surface area contributed by atoms with E-state index in [4.69, 9.17) is 16.9 Å². The summed E-state index contributed by atoms with van der Waals surface area (Å²) in [5, 5.41) is 8.54. The van der Waals surface area contributed by atoms with Crippen molar-refractivity contribution in [1.29, 1.82) is 5.26 Å². The van der Waals surface area contributed by atoms with E-state index in [1.54, 1.807) is 0 Å². The Balaban J connectivity index is 1.96. The molecule has 0 saturated carbocycles. The fourth-order valence-electron chi connectivity index (χ4n) is 2.38. The third-order valence-electron chi connectivity index (χ3n) is 3.58. The molecule has 0 bridgehead atoms. The van der Waals surface area contributed by atoms with Crippen LogP contribution in [0.15, 0.2) is 12.3 Å². The number of alkyl halides is 3. The van der Waals surface area contributed by atoms with Gasteiger partial charge < -0.3 is 4.90 Å². The minimum Gasteiger partial charge on any atom is -0.353 e. The van der Waals surface area contributed by atoms with Crippen LogP contribution in [0.25, 0.3) is 0 Å². The van der Waals surface area contributed by atoms with Crippen LogP contribution in [0.4, 0.5) is 19.0 Å². The van der Waals surface area contributed by atoms with E-state index in [0.29, 0.717) is 25.3 Å². The number of hydrogen-bond acceptors (Lipinski definition) is 4. The van der Waals surface area contributed by atoms with Crippen LogP contribution in [-0.4, -0.2) is 42.6 Å². The van der Waals surface area contributed by atoms with Crippen molar-refractivity contribution in [3.63, 3.8) is 0 Å². The highest BCUT2D eigenvalue weighted by Crippen LogP contribution is 2.33. The second-order valence-corrected chi connectivity index (χ2v) is 5.52. The number of nitriles is 1. The topological polar surface area (TPSA) is 43.2 Å². The zero-order valence-corrected chi connectivity index (χ0v) is 12.7. The van der Waals surface area contributed by atoms with E-state index in [0.717, 1.165) is 38.3 Å². The van der Waals surface area contributed by atoms with Gasteiger partial charge in [-0.25, -0.2) is 4.98 Å². The standard InChI is InChI=1S/C14H16ClF3N4/c15-12-9-11(14(16,17)18)10-20-13(12)22-7-5-21(6-8-22)4-2-1-3-19/h9-10H,1-2,4-8H2. The third-order valence-corrected chi connectivity index (χ3v) is 3.86. The van der Waals surface area contributed by atoms with Crippen molar-refractivity contribution in [2.24, 2.45) is 0 Å². The molecule has 0 radical (unpaired) electrons. The molecular weight excluding hydrogens is 317 g/mol. The second kappa shape index (κ2) is 7.16. The van der Waals surface area contributed by atoms with Gasteiger partial charge >= 0.3 is 6.18 Å². The van der Waals surface area contributed by atoms with Gasteiger partial charge in [0.25, 0.3) is 0 Å². The van der Waals surface area contributed by atoms with Crippen LogP contribution < -0.4 is 4.90 Å². The highest BCUT2D eigenvalue weighted by Gasteiger charge is 2.32. The van der Waals surface area contributed by atoms with E-state index in [2.05, 4.69) is 16.0 Å². The molecule has 8 heteroatoms. The van der Waals surface area contributed by atoms with Crippen molar-refractivity contribution in [2.45, 2.75) is 19.0 Å². The van der Waals surface area contributed by atoms with Gasteiger partial charge in [0.1, 0.15) is 5.82 Å². The lowest BCUT2D eigenvalue weighted by atomic mass is 10.2. The van der Waals surface area contributed by atoms with Crippen molar-refractivity contribution < 1.29 is 13.2 Å². The van der Waals surface area contributed by atoms with Crippen molar-refractivity contribution in [3.05, 3.63) is 22.8 Å². The lowest BCUT2D eigenvalue weighted by molar-refractivity contribution is -0.137. The molecule has 0 aliphatic carbocycles. The van der Waals surface area contributed by atoms with Crippen LogP contribution in [0.2, 0.25) is 5.02 Å². The monoisotopic (exact) mass is 332 g/mol. The summed E-state index contributed by atoms with van der Waals surface area (Å²) in [4.78, 5) is 8.00. The first-order chi connectivity index (χ1) is 10.4. The Morgan fingerprint density at radius 1 is 1.27 bits per heavy atom. The molecule has 0 atom stereocenters. The summed E-state index contributed by atoms with van der Waals surface area (Å²) in [6, 6.07) is 3.03. The molecule has 2 rings (SSSR count). The molecule has 0 unspecified atom stereocenters. The Morgan fingerprint density at radius 3 is 2.50 bits per heavy atom. The van der Waals surface area contributed by atoms with Crippen LogP contribution in [0, 0.1) is 11.3 Å². The van der Waals surface area contributed by atoms with E-state index in [1.165, 1.54) is 0 Å². The Bertz CT molecular complexity index is 548. The maximum absolute atomic E-state index is 12.6. The van der Waals surface area contributed by atoms with Gasteiger partial charge in [0, 0.05) is 38.8 Å². The highest BCUT2D eigenvalue weighted by atomic mass is 35.5. The number of pyridine rings is 1. The molecule has 1 aromatic heterocycles. The van der Waals surface area contributed by atoms with E-state index in [-0.39, 0.29) is 5.02 Å². The zero-order valence-electron chi connectivity index (χ0n) is 11.9. The number of piperazine rings is 1. The summed E-state index contributed by atoms with van der Waals surface area (Å²) < 4.78 is 37.8. The molecule has 1 aliphatic heterocycles. The average molecular weight is 333 g/mol. The minimum absolute atomic E-state index is 0.0211. The lowest BCUT2D eigenvalue weighted by Gasteiger charge is -2.35. The van der Waals surface area contributed by atoms with Crippen molar-refractivity contribution in [1.82, 2.24) is 9.88 Å². The van der Waals surface area contributed by atoms with Crippen LogP contribution in [-0.2, 0) is 6.18 Å². The minimum atomic E-state index is -4.44. The van der Waals surface area contributed by atoms with Gasteiger partial charge in [-0.1, -0.05) is 11.6 Å². The Kier molecular flexibility index (Phi) is 5.48. The number of anilines is 1. The Morgan fingerprint density at radius 2 is 1.95 bits per heavy atom. The second-order valence-electron chi connectivity index (χ2n) is 5.12. The number of nitrogens with zero attached hydrogens (tertiary/aromatic N) is 4. The smallest absolute Gasteiger partial charge is 0.353 e. The van der Waals surface area contributed by atoms with Crippen molar-refractivity contribution in [3.8, 4) is 6.07 Å². The first kappa shape index (κ1) is 16.8. The lowest BCUT2D eigenvalue weighted by Crippen LogP contribution is -2.47. The van der Waals surface area contributed by atoms with Crippen LogP contribution in [0.5, 0.6) is 0 Å². The average Bonchev–Trinajstić information content (AvgIpc) is 2.47. The van der Waals surface area contributed by atoms with Crippen LogP contribution in [0.3, 0.4) is 0 Å². The molecule has 120 valence electrons. The maximum Gasteiger partial charge on any atom is 0.417 e. The molecule has 0 N–H and O–H groups in total. The first-order valence-electron chi connectivity index (χ1n) is 6.99. The van der Waals surface area contributed by atoms with E-state index >= 15 is 0 Å². The number of unbranched alkanes of at least 4 members (excludes halogenated alkanes) is 1. The fraction of sp³-hybridized carbons (Fsp3) is 0.571. The van der Waals surface area contributed by atoms with Gasteiger partial charge in [-0.2, -0.15) is 18.4 Å². The molecule has 0 spiro atoms. The van der Waals surface area contributed by atoms with Crippen molar-refractivity contribution in [2.75, 3.05) is 37.6 Å². The SMILES string of the molecule is N#CCCCN1CCN(c2ncc(C(F)(F)F)cc2Cl)CC1. The number of halogens is 4. The first-order valence-corrected chi connectivity index (χ1v) is 7.36. The molecule has 4 nitrogen and oxygen atoms in total. The van der Waals surface area contributed by atoms with Gasteiger partial charge in [0.05, 0.1) is 16.7 Å². The summed E-state index contributed by atoms with van der Waals surface area (Å²) in [7, 11) is 0. The predicted molar refractivity (Wildman–Crippen MR) is 77.7 cm³/mol. The summed E-state index contributed by atoms with van der Waals surface area (Å²) in [5.41, 5.74) is -0.837. The fourth-order valence-corrected chi connectivity index (χ4v) is 2.67. The highest BCUT2D eigenvalue weighted by molar-refractivity contribution is 6.33. The van der Waals surface area contributed by atoms with Gasteiger partial charge in [-0.3, -0.25) is 4.90 Å². The molecule has 1 aliphatic rings. The Labute approximate surface area is 132 Å². The molecule has 0 aromatic carbocycles. The predicted octanol–water partition coefficient (Wildman–Crippen LogP) is 3.18. The van der Waals surface area contributed by atoms with Crippen molar-refractivity contribution >= 4 is 17.4 Å². The maximum atomic E-state index is 12.6. The van der Waals surface area contributed by atoms with Gasteiger partial charge in [-0.05, 0) is 19.0 Å². The molecule has 1 fully saturated rings. The van der Waals surface area contributed by atoms with Gasteiger partial charge in [0.15, 0.2) is 0 Å². The zero-order chi connectivity index (χ0) is 16.2. The number of rotatable bonds is 4. The Hall–Kier alpha value is -1.52. The number of hydrogen-bond donors (Lipinski definition) is 0. The summed E-state index contributed by atoms with van der Waals surface area (Å²) in [6.07, 6.45) is -2.25. The molecule has 1 aromatic rings. The molecule has 1 saturated heterocycles.